The minimum atomic E-state index is 0.811. The molecule has 1 heterocycles. The maximum atomic E-state index is 5.24. The number of ether oxygens (including phenoxy) is 1. The van der Waals surface area contributed by atoms with Crippen LogP contribution in [0.1, 0.15) is 24.0 Å². The molecular formula is C10H18N2OS. The number of nitrogens with one attached hydrogen (secondary N) is 1. The lowest BCUT2D eigenvalue weighted by Crippen LogP contribution is -2.16. The standard InChI is InChI=1S/C10H18N2OS/c1-3-13-6-4-5-11-7-10-8-14-9(2)12-10/h8,11H,3-7H2,1-2H3. The molecule has 0 fully saturated rings. The van der Waals surface area contributed by atoms with Crippen molar-refractivity contribution in [1.29, 1.82) is 0 Å². The van der Waals surface area contributed by atoms with Crippen LogP contribution in [0.3, 0.4) is 0 Å². The Hall–Kier alpha value is -0.450. The molecule has 0 aliphatic heterocycles. The van der Waals surface area contributed by atoms with Crippen LogP contribution < -0.4 is 5.32 Å². The quantitative estimate of drug-likeness (QED) is 0.705. The van der Waals surface area contributed by atoms with Gasteiger partial charge < -0.3 is 10.1 Å². The molecular weight excluding hydrogens is 196 g/mol. The van der Waals surface area contributed by atoms with Crippen LogP contribution in [0.2, 0.25) is 0 Å². The Labute approximate surface area is 89.5 Å². The number of thiazole rings is 1. The maximum absolute atomic E-state index is 5.24. The fraction of sp³-hybridized carbons (Fsp3) is 0.700. The minimum absolute atomic E-state index is 0.811. The van der Waals surface area contributed by atoms with Gasteiger partial charge >= 0.3 is 0 Å². The van der Waals surface area contributed by atoms with E-state index in [-0.39, 0.29) is 0 Å². The Balaban J connectivity index is 1.99. The average Bonchev–Trinajstić information content (AvgIpc) is 2.58. The summed E-state index contributed by atoms with van der Waals surface area (Å²) in [7, 11) is 0. The van der Waals surface area contributed by atoms with Crippen LogP contribution in [-0.4, -0.2) is 24.7 Å². The van der Waals surface area contributed by atoms with Gasteiger partial charge in [-0.25, -0.2) is 4.98 Å². The van der Waals surface area contributed by atoms with Crippen LogP contribution in [0.4, 0.5) is 0 Å². The molecule has 0 radical (unpaired) electrons. The zero-order chi connectivity index (χ0) is 10.2. The SMILES string of the molecule is CCOCCCNCc1csc(C)n1. The average molecular weight is 214 g/mol. The van der Waals surface area contributed by atoms with E-state index in [9.17, 15) is 0 Å². The molecule has 1 rings (SSSR count). The van der Waals surface area contributed by atoms with Crippen LogP contribution >= 0.6 is 11.3 Å². The summed E-state index contributed by atoms with van der Waals surface area (Å²) >= 11 is 1.70. The van der Waals surface area contributed by atoms with Crippen molar-refractivity contribution in [1.82, 2.24) is 10.3 Å². The fourth-order valence-electron chi connectivity index (χ4n) is 1.15. The molecule has 0 atom stereocenters. The van der Waals surface area contributed by atoms with E-state index >= 15 is 0 Å². The molecule has 0 aromatic carbocycles. The predicted octanol–water partition coefficient (Wildman–Crippen LogP) is 1.97. The highest BCUT2D eigenvalue weighted by Crippen LogP contribution is 2.06. The summed E-state index contributed by atoms with van der Waals surface area (Å²) in [5.41, 5.74) is 1.14. The zero-order valence-electron chi connectivity index (χ0n) is 8.88. The molecule has 0 aliphatic carbocycles. The molecule has 0 unspecified atom stereocenters. The van der Waals surface area contributed by atoms with Crippen LogP contribution in [0.25, 0.3) is 0 Å². The number of hydrogen-bond donors (Lipinski definition) is 1. The third kappa shape index (κ3) is 4.69. The molecule has 80 valence electrons. The summed E-state index contributed by atoms with van der Waals surface area (Å²) in [5, 5.41) is 6.58. The third-order valence-corrected chi connectivity index (χ3v) is 2.64. The van der Waals surface area contributed by atoms with E-state index in [2.05, 4.69) is 15.7 Å². The largest absolute Gasteiger partial charge is 0.382 e. The first kappa shape index (κ1) is 11.6. The number of rotatable bonds is 7. The summed E-state index contributed by atoms with van der Waals surface area (Å²) in [6.45, 7) is 7.58. The van der Waals surface area contributed by atoms with Gasteiger partial charge in [-0.1, -0.05) is 0 Å². The Morgan fingerprint density at radius 1 is 1.57 bits per heavy atom. The highest BCUT2D eigenvalue weighted by atomic mass is 32.1. The number of aromatic nitrogens is 1. The summed E-state index contributed by atoms with van der Waals surface area (Å²) < 4.78 is 5.24. The molecule has 0 saturated heterocycles. The van der Waals surface area contributed by atoms with Gasteiger partial charge in [0.25, 0.3) is 0 Å². The second kappa shape index (κ2) is 6.92. The van der Waals surface area contributed by atoms with E-state index in [1.807, 2.05) is 13.8 Å². The lowest BCUT2D eigenvalue weighted by molar-refractivity contribution is 0.144. The predicted molar refractivity (Wildman–Crippen MR) is 59.7 cm³/mol. The van der Waals surface area contributed by atoms with Crippen molar-refractivity contribution >= 4 is 11.3 Å². The molecule has 1 aromatic heterocycles. The minimum Gasteiger partial charge on any atom is -0.382 e. The van der Waals surface area contributed by atoms with Gasteiger partial charge in [-0.2, -0.15) is 0 Å². The molecule has 0 spiro atoms. The van der Waals surface area contributed by atoms with E-state index in [1.165, 1.54) is 0 Å². The van der Waals surface area contributed by atoms with E-state index in [4.69, 9.17) is 4.74 Å². The lowest BCUT2D eigenvalue weighted by atomic mass is 10.4. The summed E-state index contributed by atoms with van der Waals surface area (Å²) in [4.78, 5) is 4.37. The molecule has 1 aromatic rings. The van der Waals surface area contributed by atoms with E-state index in [0.717, 1.165) is 43.4 Å². The van der Waals surface area contributed by atoms with E-state index < -0.39 is 0 Å². The van der Waals surface area contributed by atoms with Crippen LogP contribution in [0.15, 0.2) is 5.38 Å². The number of hydrogen-bond acceptors (Lipinski definition) is 4. The zero-order valence-corrected chi connectivity index (χ0v) is 9.69. The fourth-order valence-corrected chi connectivity index (χ4v) is 1.76. The second-order valence-electron chi connectivity index (χ2n) is 3.09. The molecule has 0 saturated carbocycles. The molecule has 4 heteroatoms. The smallest absolute Gasteiger partial charge is 0.0897 e. The first-order valence-electron chi connectivity index (χ1n) is 5.02. The Morgan fingerprint density at radius 3 is 3.07 bits per heavy atom. The van der Waals surface area contributed by atoms with Crippen molar-refractivity contribution < 1.29 is 4.74 Å². The second-order valence-corrected chi connectivity index (χ2v) is 4.15. The van der Waals surface area contributed by atoms with Gasteiger partial charge in [-0.15, -0.1) is 11.3 Å². The number of aryl methyl sites for hydroxylation is 1. The van der Waals surface area contributed by atoms with Gasteiger partial charge in [-0.05, 0) is 26.8 Å². The van der Waals surface area contributed by atoms with Crippen molar-refractivity contribution in [2.45, 2.75) is 26.8 Å². The van der Waals surface area contributed by atoms with E-state index in [1.54, 1.807) is 11.3 Å². The van der Waals surface area contributed by atoms with Crippen LogP contribution in [0, 0.1) is 6.92 Å². The molecule has 0 bridgehead atoms. The van der Waals surface area contributed by atoms with Crippen LogP contribution in [-0.2, 0) is 11.3 Å². The summed E-state index contributed by atoms with van der Waals surface area (Å²) in [6, 6.07) is 0. The van der Waals surface area contributed by atoms with Crippen molar-refractivity contribution in [3.05, 3.63) is 16.1 Å². The molecule has 3 nitrogen and oxygen atoms in total. The highest BCUT2D eigenvalue weighted by molar-refractivity contribution is 7.09. The van der Waals surface area contributed by atoms with Gasteiger partial charge in [0.2, 0.25) is 0 Å². The highest BCUT2D eigenvalue weighted by Gasteiger charge is 1.96. The van der Waals surface area contributed by atoms with Crippen molar-refractivity contribution in [3.63, 3.8) is 0 Å². The Kier molecular flexibility index (Phi) is 5.75. The van der Waals surface area contributed by atoms with Crippen molar-refractivity contribution in [2.24, 2.45) is 0 Å². The molecule has 14 heavy (non-hydrogen) atoms. The number of nitrogens with zero attached hydrogens (tertiary/aromatic N) is 1. The van der Waals surface area contributed by atoms with Crippen LogP contribution in [0.5, 0.6) is 0 Å². The lowest BCUT2D eigenvalue weighted by Gasteiger charge is -2.02. The topological polar surface area (TPSA) is 34.1 Å². The molecule has 1 N–H and O–H groups in total. The van der Waals surface area contributed by atoms with Gasteiger partial charge in [0.15, 0.2) is 0 Å². The Bertz CT molecular complexity index is 250. The molecule has 0 aliphatic rings. The summed E-state index contributed by atoms with van der Waals surface area (Å²) in [5.74, 6) is 0. The first-order chi connectivity index (χ1) is 6.83. The first-order valence-corrected chi connectivity index (χ1v) is 5.90. The van der Waals surface area contributed by atoms with Gasteiger partial charge in [0.05, 0.1) is 10.7 Å². The normalized spacial score (nSPS) is 10.7. The van der Waals surface area contributed by atoms with E-state index in [0.29, 0.717) is 0 Å². The van der Waals surface area contributed by atoms with Crippen molar-refractivity contribution in [2.75, 3.05) is 19.8 Å². The van der Waals surface area contributed by atoms with Gasteiger partial charge in [-0.3, -0.25) is 0 Å². The van der Waals surface area contributed by atoms with Gasteiger partial charge in [0, 0.05) is 25.1 Å². The van der Waals surface area contributed by atoms with Gasteiger partial charge in [0.1, 0.15) is 0 Å². The monoisotopic (exact) mass is 214 g/mol. The molecule has 0 amide bonds. The summed E-state index contributed by atoms with van der Waals surface area (Å²) in [6.07, 6.45) is 1.07. The third-order valence-electron chi connectivity index (χ3n) is 1.82. The Morgan fingerprint density at radius 2 is 2.43 bits per heavy atom. The van der Waals surface area contributed by atoms with Crippen molar-refractivity contribution in [3.8, 4) is 0 Å². The maximum Gasteiger partial charge on any atom is 0.0897 e.